The molecule has 0 saturated carbocycles. The number of nitrogens with one attached hydrogen (secondary N) is 1. The number of hydrogen-bond donors (Lipinski definition) is 1. The molecule has 2 atom stereocenters. The van der Waals surface area contributed by atoms with Gasteiger partial charge in [0.15, 0.2) is 0 Å². The van der Waals surface area contributed by atoms with E-state index in [-0.39, 0.29) is 5.92 Å². The summed E-state index contributed by atoms with van der Waals surface area (Å²) in [6.07, 6.45) is 1.05. The van der Waals surface area contributed by atoms with Crippen LogP contribution in [-0.4, -0.2) is 43.4 Å². The summed E-state index contributed by atoms with van der Waals surface area (Å²) in [6.45, 7) is 10.6. The molecule has 0 radical (unpaired) electrons. The third kappa shape index (κ3) is 3.39. The molecule has 1 N–H and O–H groups in total. The second kappa shape index (κ2) is 5.47. The van der Waals surface area contributed by atoms with Crippen molar-refractivity contribution < 1.29 is 4.79 Å². The Kier molecular flexibility index (Phi) is 4.55. The summed E-state index contributed by atoms with van der Waals surface area (Å²) >= 11 is 0. The van der Waals surface area contributed by atoms with E-state index >= 15 is 0 Å². The lowest BCUT2D eigenvalue weighted by Crippen LogP contribution is -2.53. The highest BCUT2D eigenvalue weighted by Crippen LogP contribution is 2.09. The van der Waals surface area contributed by atoms with E-state index in [0.717, 1.165) is 32.5 Å². The van der Waals surface area contributed by atoms with Gasteiger partial charge in [-0.15, -0.1) is 0 Å². The molecule has 1 aliphatic heterocycles. The number of carbonyl (C=O) groups excluding carboxylic acids is 1. The first-order chi connectivity index (χ1) is 6.63. The molecule has 0 amide bonds. The molecule has 14 heavy (non-hydrogen) atoms. The van der Waals surface area contributed by atoms with Gasteiger partial charge in [0, 0.05) is 38.1 Å². The van der Waals surface area contributed by atoms with Gasteiger partial charge in [-0.3, -0.25) is 4.90 Å². The van der Waals surface area contributed by atoms with E-state index < -0.39 is 0 Å². The highest BCUT2D eigenvalue weighted by molar-refractivity contribution is 5.53. The molecule has 0 aliphatic carbocycles. The average Bonchev–Trinajstić information content (AvgIpc) is 2.18. The fraction of sp³-hybridized carbons (Fsp3) is 0.909. The van der Waals surface area contributed by atoms with Gasteiger partial charge < -0.3 is 10.1 Å². The van der Waals surface area contributed by atoms with Crippen molar-refractivity contribution in [3.63, 3.8) is 0 Å². The van der Waals surface area contributed by atoms with E-state index in [1.807, 2.05) is 6.92 Å². The minimum absolute atomic E-state index is 0.168. The predicted molar refractivity (Wildman–Crippen MR) is 58.3 cm³/mol. The molecule has 0 aromatic rings. The summed E-state index contributed by atoms with van der Waals surface area (Å²) in [4.78, 5) is 12.9. The zero-order chi connectivity index (χ0) is 10.6. The van der Waals surface area contributed by atoms with Crippen molar-refractivity contribution >= 4 is 6.29 Å². The smallest absolute Gasteiger partial charge is 0.124 e. The van der Waals surface area contributed by atoms with Gasteiger partial charge in [-0.1, -0.05) is 20.8 Å². The number of rotatable bonds is 4. The van der Waals surface area contributed by atoms with Gasteiger partial charge in [0.25, 0.3) is 0 Å². The van der Waals surface area contributed by atoms with Crippen molar-refractivity contribution in [2.45, 2.75) is 26.8 Å². The summed E-state index contributed by atoms with van der Waals surface area (Å²) < 4.78 is 0. The molecule has 0 bridgehead atoms. The topological polar surface area (TPSA) is 32.3 Å². The Labute approximate surface area is 86.9 Å². The Bertz CT molecular complexity index is 182. The molecule has 3 nitrogen and oxygen atoms in total. The number of aldehydes is 1. The molecule has 1 aliphatic rings. The lowest BCUT2D eigenvalue weighted by molar-refractivity contribution is -0.111. The van der Waals surface area contributed by atoms with E-state index in [1.165, 1.54) is 0 Å². The Morgan fingerprint density at radius 2 is 2.21 bits per heavy atom. The first-order valence-corrected chi connectivity index (χ1v) is 5.54. The molecule has 1 saturated heterocycles. The predicted octanol–water partition coefficient (Wildman–Crippen LogP) is 0.751. The third-order valence-corrected chi connectivity index (χ3v) is 2.87. The Morgan fingerprint density at radius 3 is 2.79 bits per heavy atom. The lowest BCUT2D eigenvalue weighted by Gasteiger charge is -2.36. The van der Waals surface area contributed by atoms with Crippen LogP contribution in [0.4, 0.5) is 0 Å². The summed E-state index contributed by atoms with van der Waals surface area (Å²) in [5.74, 6) is 0.838. The van der Waals surface area contributed by atoms with Crippen LogP contribution in [0.15, 0.2) is 0 Å². The van der Waals surface area contributed by atoms with E-state index in [1.54, 1.807) is 0 Å². The van der Waals surface area contributed by atoms with Crippen LogP contribution in [0.25, 0.3) is 0 Å². The van der Waals surface area contributed by atoms with Crippen LogP contribution in [0.5, 0.6) is 0 Å². The Morgan fingerprint density at radius 1 is 1.50 bits per heavy atom. The third-order valence-electron chi connectivity index (χ3n) is 2.87. The van der Waals surface area contributed by atoms with Crippen molar-refractivity contribution in [2.24, 2.45) is 11.8 Å². The fourth-order valence-corrected chi connectivity index (χ4v) is 1.90. The number of nitrogens with zero attached hydrogens (tertiary/aromatic N) is 1. The second-order valence-electron chi connectivity index (χ2n) is 4.68. The van der Waals surface area contributed by atoms with Gasteiger partial charge in [-0.2, -0.15) is 0 Å². The first kappa shape index (κ1) is 11.7. The van der Waals surface area contributed by atoms with E-state index in [2.05, 4.69) is 24.1 Å². The van der Waals surface area contributed by atoms with Crippen molar-refractivity contribution in [3.8, 4) is 0 Å². The summed E-state index contributed by atoms with van der Waals surface area (Å²) in [6, 6.07) is 0.586. The van der Waals surface area contributed by atoms with Crippen LogP contribution in [0.2, 0.25) is 0 Å². The summed E-state index contributed by atoms with van der Waals surface area (Å²) in [5.41, 5.74) is 0. The number of hydrogen-bond acceptors (Lipinski definition) is 3. The van der Waals surface area contributed by atoms with Crippen molar-refractivity contribution in [3.05, 3.63) is 0 Å². The molecule has 3 heteroatoms. The van der Waals surface area contributed by atoms with E-state index in [9.17, 15) is 4.79 Å². The van der Waals surface area contributed by atoms with Crippen molar-refractivity contribution in [1.29, 1.82) is 0 Å². The highest BCUT2D eigenvalue weighted by atomic mass is 16.1. The molecular weight excluding hydrogens is 176 g/mol. The standard InChI is InChI=1S/C11H22N2O/c1-9(2)11-7-13(5-4-12-11)6-10(3)8-14/h8-12H,4-7H2,1-3H3. The van der Waals surface area contributed by atoms with Gasteiger partial charge in [-0.25, -0.2) is 0 Å². The molecule has 2 unspecified atom stereocenters. The molecule has 0 spiro atoms. The molecular formula is C11H22N2O. The Balaban J connectivity index is 2.36. The van der Waals surface area contributed by atoms with E-state index in [0.29, 0.717) is 12.0 Å². The van der Waals surface area contributed by atoms with Gasteiger partial charge in [0.05, 0.1) is 0 Å². The van der Waals surface area contributed by atoms with Gasteiger partial charge in [0.2, 0.25) is 0 Å². The van der Waals surface area contributed by atoms with Gasteiger partial charge in [0.1, 0.15) is 6.29 Å². The summed E-state index contributed by atoms with van der Waals surface area (Å²) in [5, 5.41) is 3.51. The molecule has 1 rings (SSSR count). The van der Waals surface area contributed by atoms with Gasteiger partial charge >= 0.3 is 0 Å². The Hall–Kier alpha value is -0.410. The number of piperazine rings is 1. The minimum Gasteiger partial charge on any atom is -0.311 e. The van der Waals surface area contributed by atoms with Crippen LogP contribution in [0.3, 0.4) is 0 Å². The molecule has 0 aromatic heterocycles. The summed E-state index contributed by atoms with van der Waals surface area (Å²) in [7, 11) is 0. The highest BCUT2D eigenvalue weighted by Gasteiger charge is 2.22. The quantitative estimate of drug-likeness (QED) is 0.677. The molecule has 1 heterocycles. The lowest BCUT2D eigenvalue weighted by atomic mass is 10.0. The molecule has 1 fully saturated rings. The monoisotopic (exact) mass is 198 g/mol. The second-order valence-corrected chi connectivity index (χ2v) is 4.68. The maximum Gasteiger partial charge on any atom is 0.124 e. The zero-order valence-electron chi connectivity index (χ0n) is 9.49. The maximum atomic E-state index is 10.6. The van der Waals surface area contributed by atoms with Crippen LogP contribution in [0.1, 0.15) is 20.8 Å². The van der Waals surface area contributed by atoms with Crippen LogP contribution in [0, 0.1) is 11.8 Å². The average molecular weight is 198 g/mol. The van der Waals surface area contributed by atoms with Crippen LogP contribution < -0.4 is 5.32 Å². The van der Waals surface area contributed by atoms with Crippen molar-refractivity contribution in [1.82, 2.24) is 10.2 Å². The molecule has 82 valence electrons. The van der Waals surface area contributed by atoms with Crippen LogP contribution in [-0.2, 0) is 4.79 Å². The maximum absolute atomic E-state index is 10.6. The fourth-order valence-electron chi connectivity index (χ4n) is 1.90. The van der Waals surface area contributed by atoms with E-state index in [4.69, 9.17) is 0 Å². The first-order valence-electron chi connectivity index (χ1n) is 5.54. The molecule has 0 aromatic carbocycles. The van der Waals surface area contributed by atoms with Gasteiger partial charge in [-0.05, 0) is 5.92 Å². The van der Waals surface area contributed by atoms with Crippen molar-refractivity contribution in [2.75, 3.05) is 26.2 Å². The minimum atomic E-state index is 0.168. The largest absolute Gasteiger partial charge is 0.311 e. The normalized spacial score (nSPS) is 26.4. The zero-order valence-corrected chi connectivity index (χ0v) is 9.49. The SMILES string of the molecule is CC(C=O)CN1CCNC(C(C)C)C1. The van der Waals surface area contributed by atoms with Crippen LogP contribution >= 0.6 is 0 Å². The number of carbonyl (C=O) groups is 1.